The summed E-state index contributed by atoms with van der Waals surface area (Å²) < 4.78 is 26.5. The minimum Gasteiger partial charge on any atom is -0.207 e. The van der Waals surface area contributed by atoms with Gasteiger partial charge in [0.2, 0.25) is 0 Å². The second-order valence-electron chi connectivity index (χ2n) is 4.01. The normalized spacial score (nSPS) is 18.2. The summed E-state index contributed by atoms with van der Waals surface area (Å²) in [6.45, 7) is 0. The number of alkyl halides is 1. The van der Waals surface area contributed by atoms with E-state index in [1.807, 2.05) is 0 Å². The molecule has 1 aromatic rings. The molecule has 0 nitrogen and oxygen atoms in total. The van der Waals surface area contributed by atoms with Gasteiger partial charge in [0.05, 0.1) is 0 Å². The minimum absolute atomic E-state index is 0.0371. The molecule has 0 unspecified atom stereocenters. The molecule has 14 heavy (non-hydrogen) atoms. The monoisotopic (exact) mass is 216 g/mol. The predicted molar refractivity (Wildman–Crippen MR) is 52.4 cm³/mol. The standard InChI is InChI=1S/C11H11ClF2/c12-7-11(4-5-11)6-8-9(13)2-1-3-10(8)14/h1-3H,4-7H2. The Bertz CT molecular complexity index is 325. The molecule has 0 N–H and O–H groups in total. The average Bonchev–Trinajstić information content (AvgIpc) is 2.93. The summed E-state index contributed by atoms with van der Waals surface area (Å²) >= 11 is 5.77. The van der Waals surface area contributed by atoms with E-state index in [-0.39, 0.29) is 11.0 Å². The Morgan fingerprint density at radius 2 is 1.79 bits per heavy atom. The maximum Gasteiger partial charge on any atom is 0.129 e. The largest absolute Gasteiger partial charge is 0.207 e. The average molecular weight is 217 g/mol. The minimum atomic E-state index is -0.457. The zero-order chi connectivity index (χ0) is 10.2. The highest BCUT2D eigenvalue weighted by Crippen LogP contribution is 2.49. The molecule has 2 rings (SSSR count). The van der Waals surface area contributed by atoms with Gasteiger partial charge in [-0.3, -0.25) is 0 Å². The highest BCUT2D eigenvalue weighted by Gasteiger charge is 2.42. The van der Waals surface area contributed by atoms with Gasteiger partial charge in [-0.05, 0) is 36.8 Å². The fourth-order valence-corrected chi connectivity index (χ4v) is 1.97. The van der Waals surface area contributed by atoms with Crippen molar-refractivity contribution in [3.05, 3.63) is 35.4 Å². The lowest BCUT2D eigenvalue weighted by atomic mass is 9.98. The Kier molecular flexibility index (Phi) is 2.48. The molecule has 0 bridgehead atoms. The van der Waals surface area contributed by atoms with Crippen LogP contribution in [0.2, 0.25) is 0 Å². The Hall–Kier alpha value is -0.630. The van der Waals surface area contributed by atoms with Crippen molar-refractivity contribution in [2.75, 3.05) is 5.88 Å². The van der Waals surface area contributed by atoms with E-state index in [1.165, 1.54) is 18.2 Å². The van der Waals surface area contributed by atoms with E-state index < -0.39 is 11.6 Å². The molecular weight excluding hydrogens is 206 g/mol. The lowest BCUT2D eigenvalue weighted by Gasteiger charge is -2.12. The van der Waals surface area contributed by atoms with Crippen LogP contribution in [0.25, 0.3) is 0 Å². The van der Waals surface area contributed by atoms with Gasteiger partial charge in [0.25, 0.3) is 0 Å². The van der Waals surface area contributed by atoms with Gasteiger partial charge in [0.1, 0.15) is 11.6 Å². The van der Waals surface area contributed by atoms with Crippen molar-refractivity contribution < 1.29 is 8.78 Å². The molecular formula is C11H11ClF2. The van der Waals surface area contributed by atoms with E-state index in [1.54, 1.807) is 0 Å². The maximum atomic E-state index is 13.3. The molecule has 1 aliphatic carbocycles. The summed E-state index contributed by atoms with van der Waals surface area (Å²) in [5.41, 5.74) is 0.149. The quantitative estimate of drug-likeness (QED) is 0.679. The summed E-state index contributed by atoms with van der Waals surface area (Å²) in [6, 6.07) is 3.97. The zero-order valence-electron chi connectivity index (χ0n) is 7.69. The van der Waals surface area contributed by atoms with Crippen molar-refractivity contribution in [2.45, 2.75) is 19.3 Å². The molecule has 0 aromatic heterocycles. The molecule has 1 aliphatic rings. The first-order chi connectivity index (χ1) is 6.67. The smallest absolute Gasteiger partial charge is 0.129 e. The van der Waals surface area contributed by atoms with Gasteiger partial charge < -0.3 is 0 Å². The van der Waals surface area contributed by atoms with Gasteiger partial charge in [0.15, 0.2) is 0 Å². The third-order valence-corrected chi connectivity index (χ3v) is 3.42. The first-order valence-electron chi connectivity index (χ1n) is 4.66. The van der Waals surface area contributed by atoms with Gasteiger partial charge in [-0.25, -0.2) is 8.78 Å². The number of hydrogen-bond acceptors (Lipinski definition) is 0. The van der Waals surface area contributed by atoms with Gasteiger partial charge in [0, 0.05) is 11.4 Å². The molecule has 0 atom stereocenters. The van der Waals surface area contributed by atoms with Crippen LogP contribution in [0.1, 0.15) is 18.4 Å². The van der Waals surface area contributed by atoms with Crippen LogP contribution in [-0.4, -0.2) is 5.88 Å². The third-order valence-electron chi connectivity index (χ3n) is 2.85. The Labute approximate surface area is 86.9 Å². The molecule has 0 radical (unpaired) electrons. The van der Waals surface area contributed by atoms with Crippen molar-refractivity contribution in [1.82, 2.24) is 0 Å². The van der Waals surface area contributed by atoms with Crippen molar-refractivity contribution in [1.29, 1.82) is 0 Å². The molecule has 3 heteroatoms. The van der Waals surface area contributed by atoms with Crippen molar-refractivity contribution >= 4 is 11.6 Å². The summed E-state index contributed by atoms with van der Waals surface area (Å²) in [7, 11) is 0. The predicted octanol–water partition coefficient (Wildman–Crippen LogP) is 3.53. The van der Waals surface area contributed by atoms with Crippen molar-refractivity contribution in [2.24, 2.45) is 5.41 Å². The molecule has 1 saturated carbocycles. The molecule has 76 valence electrons. The van der Waals surface area contributed by atoms with Gasteiger partial charge in [-0.2, -0.15) is 0 Å². The molecule has 1 fully saturated rings. The zero-order valence-corrected chi connectivity index (χ0v) is 8.45. The summed E-state index contributed by atoms with van der Waals surface area (Å²) in [4.78, 5) is 0. The van der Waals surface area contributed by atoms with E-state index in [2.05, 4.69) is 0 Å². The van der Waals surface area contributed by atoms with Gasteiger partial charge in [-0.15, -0.1) is 11.6 Å². The van der Waals surface area contributed by atoms with Crippen LogP contribution in [-0.2, 0) is 6.42 Å². The molecule has 0 heterocycles. The Morgan fingerprint density at radius 1 is 1.21 bits per heavy atom. The van der Waals surface area contributed by atoms with Crippen LogP contribution in [0.15, 0.2) is 18.2 Å². The fourth-order valence-electron chi connectivity index (χ4n) is 1.61. The fraction of sp³-hybridized carbons (Fsp3) is 0.455. The number of halogens is 3. The number of hydrogen-bond donors (Lipinski definition) is 0. The first kappa shape index (κ1) is 9.91. The van der Waals surface area contributed by atoms with E-state index in [0.717, 1.165) is 12.8 Å². The summed E-state index contributed by atoms with van der Waals surface area (Å²) in [6.07, 6.45) is 2.38. The van der Waals surface area contributed by atoms with Crippen LogP contribution in [0.5, 0.6) is 0 Å². The third kappa shape index (κ3) is 1.76. The molecule has 0 spiro atoms. The molecule has 0 amide bonds. The summed E-state index contributed by atoms with van der Waals surface area (Å²) in [5.74, 6) is -0.427. The second kappa shape index (κ2) is 3.50. The summed E-state index contributed by atoms with van der Waals surface area (Å²) in [5, 5.41) is 0. The van der Waals surface area contributed by atoms with E-state index in [0.29, 0.717) is 12.3 Å². The van der Waals surface area contributed by atoms with Gasteiger partial charge in [-0.1, -0.05) is 6.07 Å². The van der Waals surface area contributed by atoms with Gasteiger partial charge >= 0.3 is 0 Å². The topological polar surface area (TPSA) is 0 Å². The van der Waals surface area contributed by atoms with Crippen LogP contribution < -0.4 is 0 Å². The van der Waals surface area contributed by atoms with E-state index >= 15 is 0 Å². The Balaban J connectivity index is 2.24. The highest BCUT2D eigenvalue weighted by molar-refractivity contribution is 6.18. The number of benzene rings is 1. The second-order valence-corrected chi connectivity index (χ2v) is 4.28. The molecule has 0 saturated heterocycles. The lowest BCUT2D eigenvalue weighted by molar-refractivity contribution is 0.501. The first-order valence-corrected chi connectivity index (χ1v) is 5.19. The van der Waals surface area contributed by atoms with E-state index in [9.17, 15) is 8.78 Å². The van der Waals surface area contributed by atoms with Crippen LogP contribution in [0, 0.1) is 17.0 Å². The van der Waals surface area contributed by atoms with Crippen LogP contribution in [0.3, 0.4) is 0 Å². The maximum absolute atomic E-state index is 13.3. The molecule has 1 aromatic carbocycles. The highest BCUT2D eigenvalue weighted by atomic mass is 35.5. The molecule has 0 aliphatic heterocycles. The van der Waals surface area contributed by atoms with Crippen molar-refractivity contribution in [3.8, 4) is 0 Å². The lowest BCUT2D eigenvalue weighted by Crippen LogP contribution is -2.09. The van der Waals surface area contributed by atoms with Crippen LogP contribution in [0.4, 0.5) is 8.78 Å². The SMILES string of the molecule is Fc1cccc(F)c1CC1(CCl)CC1. The Morgan fingerprint density at radius 3 is 2.21 bits per heavy atom. The van der Waals surface area contributed by atoms with Crippen molar-refractivity contribution in [3.63, 3.8) is 0 Å². The van der Waals surface area contributed by atoms with Crippen LogP contribution >= 0.6 is 11.6 Å². The van der Waals surface area contributed by atoms with E-state index in [4.69, 9.17) is 11.6 Å². The number of rotatable bonds is 3.